The van der Waals surface area contributed by atoms with Gasteiger partial charge in [-0.3, -0.25) is 9.59 Å². The van der Waals surface area contributed by atoms with E-state index in [-0.39, 0.29) is 11.5 Å². The number of fused-ring (bicyclic) bond motifs is 2. The Morgan fingerprint density at radius 1 is 0.943 bits per heavy atom. The van der Waals surface area contributed by atoms with Crippen LogP contribution in [0.5, 0.6) is 5.75 Å². The molecule has 1 aliphatic rings. The Kier molecular flexibility index (Phi) is 6.63. The second kappa shape index (κ2) is 10.00. The lowest BCUT2D eigenvalue weighted by atomic mass is 10.1. The van der Waals surface area contributed by atoms with E-state index in [4.69, 9.17) is 4.74 Å². The lowest BCUT2D eigenvalue weighted by molar-refractivity contribution is -0.113. The number of nitrogens with zero attached hydrogens (tertiary/aromatic N) is 4. The molecule has 0 saturated carbocycles. The van der Waals surface area contributed by atoms with Crippen molar-refractivity contribution in [1.82, 2.24) is 14.6 Å². The molecule has 3 heterocycles. The van der Waals surface area contributed by atoms with Crippen LogP contribution in [-0.4, -0.2) is 33.7 Å². The summed E-state index contributed by atoms with van der Waals surface area (Å²) in [5.74, 6) is 1.15. The molecular formula is C27H28N4O3S. The molecule has 2 aromatic heterocycles. The highest BCUT2D eigenvalue weighted by atomic mass is 32.1. The molecule has 7 nitrogen and oxygen atoms in total. The summed E-state index contributed by atoms with van der Waals surface area (Å²) in [5.41, 5.74) is 2.58. The van der Waals surface area contributed by atoms with Gasteiger partial charge in [-0.2, -0.15) is 9.50 Å². The minimum Gasteiger partial charge on any atom is -0.494 e. The van der Waals surface area contributed by atoms with E-state index in [0.717, 1.165) is 35.4 Å². The molecule has 1 amide bonds. The second-order valence-electron chi connectivity index (χ2n) is 8.65. The van der Waals surface area contributed by atoms with Crippen LogP contribution in [0.4, 0.5) is 5.69 Å². The third-order valence-corrected chi connectivity index (χ3v) is 7.16. The second-order valence-corrected chi connectivity index (χ2v) is 9.63. The average molecular weight is 489 g/mol. The zero-order valence-corrected chi connectivity index (χ0v) is 20.8. The van der Waals surface area contributed by atoms with Crippen molar-refractivity contribution in [2.45, 2.75) is 46.0 Å². The van der Waals surface area contributed by atoms with Crippen molar-refractivity contribution in [3.63, 3.8) is 0 Å². The van der Waals surface area contributed by atoms with Gasteiger partial charge in [0.2, 0.25) is 4.96 Å². The number of ether oxygens (including phenoxy) is 1. The summed E-state index contributed by atoms with van der Waals surface area (Å²) in [6.07, 6.45) is 5.49. The molecule has 0 unspecified atom stereocenters. The molecule has 0 N–H and O–H groups in total. The van der Waals surface area contributed by atoms with E-state index in [2.05, 4.69) is 17.0 Å². The maximum absolute atomic E-state index is 13.3. The summed E-state index contributed by atoms with van der Waals surface area (Å²) in [6.45, 7) is 5.54. The Balaban J connectivity index is 1.44. The number of hydrogen-bond donors (Lipinski definition) is 0. The number of rotatable bonds is 9. The van der Waals surface area contributed by atoms with E-state index in [1.54, 1.807) is 4.90 Å². The van der Waals surface area contributed by atoms with Gasteiger partial charge in [-0.05, 0) is 43.2 Å². The van der Waals surface area contributed by atoms with Gasteiger partial charge in [0, 0.05) is 17.7 Å². The van der Waals surface area contributed by atoms with Gasteiger partial charge in [0.1, 0.15) is 10.3 Å². The van der Waals surface area contributed by atoms with Crippen molar-refractivity contribution in [3.05, 3.63) is 69.0 Å². The maximum atomic E-state index is 13.3. The summed E-state index contributed by atoms with van der Waals surface area (Å²) < 4.78 is 7.50. The maximum Gasteiger partial charge on any atom is 0.291 e. The first kappa shape index (κ1) is 23.2. The molecule has 0 aliphatic carbocycles. The van der Waals surface area contributed by atoms with Gasteiger partial charge in [0.15, 0.2) is 5.82 Å². The van der Waals surface area contributed by atoms with Crippen LogP contribution in [0.2, 0.25) is 0 Å². The smallest absolute Gasteiger partial charge is 0.291 e. The number of carbonyl (C=O) groups excluding carboxylic acids is 1. The van der Waals surface area contributed by atoms with E-state index in [1.807, 2.05) is 55.5 Å². The fourth-order valence-corrected chi connectivity index (χ4v) is 5.37. The molecule has 0 spiro atoms. The molecule has 8 heteroatoms. The average Bonchev–Trinajstić information content (AvgIpc) is 3.51. The quantitative estimate of drug-likeness (QED) is 0.325. The number of para-hydroxylation sites is 1. The third-order valence-electron chi connectivity index (χ3n) is 6.13. The van der Waals surface area contributed by atoms with Gasteiger partial charge < -0.3 is 9.64 Å². The van der Waals surface area contributed by atoms with Crippen LogP contribution in [0.15, 0.2) is 53.3 Å². The Bertz CT molecular complexity index is 1470. The lowest BCUT2D eigenvalue weighted by Gasteiger charge is -2.15. The fourth-order valence-electron chi connectivity index (χ4n) is 4.37. The Labute approximate surface area is 207 Å². The highest BCUT2D eigenvalue weighted by Crippen LogP contribution is 2.35. The van der Waals surface area contributed by atoms with Crippen LogP contribution in [0, 0.1) is 0 Å². The predicted octanol–water partition coefficient (Wildman–Crippen LogP) is 4.45. The summed E-state index contributed by atoms with van der Waals surface area (Å²) in [4.78, 5) is 33.3. The molecule has 0 atom stereocenters. The van der Waals surface area contributed by atoms with Crippen LogP contribution < -0.4 is 19.7 Å². The van der Waals surface area contributed by atoms with Crippen molar-refractivity contribution < 1.29 is 9.53 Å². The first-order valence-corrected chi connectivity index (χ1v) is 13.0. The molecule has 180 valence electrons. The molecule has 0 fully saturated rings. The molecule has 1 aliphatic heterocycles. The number of amides is 1. The van der Waals surface area contributed by atoms with Crippen LogP contribution in [0.25, 0.3) is 21.9 Å². The van der Waals surface area contributed by atoms with Crippen LogP contribution in [0.1, 0.15) is 51.5 Å². The van der Waals surface area contributed by atoms with E-state index in [0.29, 0.717) is 34.0 Å². The van der Waals surface area contributed by atoms with Crippen molar-refractivity contribution in [3.8, 4) is 17.1 Å². The molecule has 0 bridgehead atoms. The zero-order chi connectivity index (χ0) is 24.4. The summed E-state index contributed by atoms with van der Waals surface area (Å²) in [7, 11) is 0. The van der Waals surface area contributed by atoms with E-state index >= 15 is 0 Å². The number of benzene rings is 2. The highest BCUT2D eigenvalue weighted by molar-refractivity contribution is 7.15. The molecule has 35 heavy (non-hydrogen) atoms. The molecular weight excluding hydrogens is 460 g/mol. The predicted molar refractivity (Wildman–Crippen MR) is 139 cm³/mol. The number of thiazole rings is 1. The zero-order valence-electron chi connectivity index (χ0n) is 20.0. The summed E-state index contributed by atoms with van der Waals surface area (Å²) >= 11 is 1.21. The number of anilines is 1. The number of aromatic nitrogens is 3. The summed E-state index contributed by atoms with van der Waals surface area (Å²) in [6, 6.07) is 15.2. The Morgan fingerprint density at radius 3 is 2.49 bits per heavy atom. The molecule has 5 rings (SSSR count). The van der Waals surface area contributed by atoms with Gasteiger partial charge in [-0.25, -0.2) is 0 Å². The van der Waals surface area contributed by atoms with Gasteiger partial charge in [0.25, 0.3) is 11.5 Å². The highest BCUT2D eigenvalue weighted by Gasteiger charge is 2.33. The summed E-state index contributed by atoms with van der Waals surface area (Å²) in [5, 5.41) is 4.46. The Hall–Kier alpha value is -3.52. The van der Waals surface area contributed by atoms with Crippen molar-refractivity contribution in [2.75, 3.05) is 18.1 Å². The minimum atomic E-state index is -0.313. The first-order chi connectivity index (χ1) is 17.1. The van der Waals surface area contributed by atoms with Gasteiger partial charge >= 0.3 is 0 Å². The number of unbranched alkanes of at least 4 members (excludes halogenated alkanes) is 3. The minimum absolute atomic E-state index is 0.139. The Morgan fingerprint density at radius 2 is 1.74 bits per heavy atom. The third kappa shape index (κ3) is 4.34. The van der Waals surface area contributed by atoms with Crippen LogP contribution in [0.3, 0.4) is 0 Å². The molecule has 4 aromatic rings. The van der Waals surface area contributed by atoms with E-state index < -0.39 is 0 Å². The van der Waals surface area contributed by atoms with Crippen molar-refractivity contribution in [2.24, 2.45) is 0 Å². The van der Waals surface area contributed by atoms with Crippen LogP contribution >= 0.6 is 11.3 Å². The van der Waals surface area contributed by atoms with Crippen LogP contribution in [-0.2, 0) is 4.79 Å². The lowest BCUT2D eigenvalue weighted by Crippen LogP contribution is -2.32. The molecule has 0 saturated heterocycles. The topological polar surface area (TPSA) is 76.8 Å². The fraction of sp³-hybridized carbons (Fsp3) is 0.333. The van der Waals surface area contributed by atoms with Crippen molar-refractivity contribution >= 4 is 33.5 Å². The monoisotopic (exact) mass is 488 g/mol. The van der Waals surface area contributed by atoms with E-state index in [1.165, 1.54) is 35.1 Å². The number of carbonyl (C=O) groups is 1. The number of hydrogen-bond acceptors (Lipinski definition) is 6. The van der Waals surface area contributed by atoms with Crippen molar-refractivity contribution in [1.29, 1.82) is 0 Å². The standard InChI is InChI=1S/C27H28N4O3S/c1-3-5-6-9-17-34-19-14-12-18(13-15-19)24-28-27-31(29-24)26(33)23(35-27)22-20-10-7-8-11-21(20)30(16-4-2)25(22)32/h7-8,10-15H,3-6,9,16-17H2,1-2H3. The first-order valence-electron chi connectivity index (χ1n) is 12.2. The molecule has 0 radical (unpaired) electrons. The largest absolute Gasteiger partial charge is 0.494 e. The SMILES string of the molecule is CCCCCCOc1ccc(-c2nc3sc(=C4C(=O)N(CCC)c5ccccc54)c(=O)n3n2)cc1. The normalized spacial score (nSPS) is 14.7. The molecule has 2 aromatic carbocycles. The van der Waals surface area contributed by atoms with Gasteiger partial charge in [-0.15, -0.1) is 5.10 Å². The van der Waals surface area contributed by atoms with Gasteiger partial charge in [0.05, 0.1) is 17.9 Å². The van der Waals surface area contributed by atoms with Gasteiger partial charge in [-0.1, -0.05) is 62.6 Å². The van der Waals surface area contributed by atoms with E-state index in [9.17, 15) is 9.59 Å².